The minimum atomic E-state index is -6.18. The summed E-state index contributed by atoms with van der Waals surface area (Å²) in [7, 11) is 0. The molecule has 4 nitrogen and oxygen atoms in total. The Labute approximate surface area is 208 Å². The molecule has 0 heterocycles. The molecule has 2 aliphatic rings. The second-order valence-corrected chi connectivity index (χ2v) is 9.31. The van der Waals surface area contributed by atoms with Crippen molar-refractivity contribution in [2.75, 3.05) is 0 Å². The summed E-state index contributed by atoms with van der Waals surface area (Å²) in [6.45, 7) is 0. The predicted molar refractivity (Wildman–Crippen MR) is 104 cm³/mol. The van der Waals surface area contributed by atoms with Crippen LogP contribution in [0.2, 0.25) is 0 Å². The summed E-state index contributed by atoms with van der Waals surface area (Å²) in [5.74, 6) is -9.42. The van der Waals surface area contributed by atoms with E-state index >= 15 is 0 Å². The van der Waals surface area contributed by atoms with Crippen molar-refractivity contribution in [1.82, 2.24) is 0 Å². The first kappa shape index (κ1) is 32.1. The zero-order valence-electron chi connectivity index (χ0n) is 19.5. The van der Waals surface area contributed by atoms with Crippen LogP contribution < -0.4 is 0 Å². The maximum atomic E-state index is 13.7. The molecule has 0 amide bonds. The SMILES string of the molecule is O=C(/C=C/C(=O)OC(C1CCCCC1)(C(F)(F)F)C(F)(F)F)OC(C1CCCCC1)(C(F)(F)F)C(F)(F)F. The van der Waals surface area contributed by atoms with Crippen molar-refractivity contribution >= 4 is 11.9 Å². The molecule has 0 saturated heterocycles. The Hall–Kier alpha value is -2.16. The molecule has 0 radical (unpaired) electrons. The number of ether oxygens (including phenoxy) is 2. The summed E-state index contributed by atoms with van der Waals surface area (Å²) < 4.78 is 173. The van der Waals surface area contributed by atoms with Gasteiger partial charge in [0.2, 0.25) is 0 Å². The highest BCUT2D eigenvalue weighted by Crippen LogP contribution is 2.55. The van der Waals surface area contributed by atoms with Crippen LogP contribution in [0, 0.1) is 11.8 Å². The first-order chi connectivity index (χ1) is 17.2. The fourth-order valence-electron chi connectivity index (χ4n) is 5.19. The van der Waals surface area contributed by atoms with E-state index in [-0.39, 0.29) is 25.7 Å². The molecule has 0 aromatic carbocycles. The van der Waals surface area contributed by atoms with Gasteiger partial charge in [-0.2, -0.15) is 52.7 Å². The maximum Gasteiger partial charge on any atom is 0.437 e. The molecule has 0 unspecified atom stereocenters. The lowest BCUT2D eigenvalue weighted by Gasteiger charge is -2.43. The molecular weight excluding hydrogens is 556 g/mol. The molecule has 2 aliphatic carbocycles. The summed E-state index contributed by atoms with van der Waals surface area (Å²) >= 11 is 0. The fourth-order valence-corrected chi connectivity index (χ4v) is 5.19. The van der Waals surface area contributed by atoms with E-state index in [1.165, 1.54) is 0 Å². The minimum Gasteiger partial charge on any atom is -0.436 e. The zero-order chi connectivity index (χ0) is 29.2. The smallest absolute Gasteiger partial charge is 0.436 e. The molecule has 0 aromatic rings. The van der Waals surface area contributed by atoms with Gasteiger partial charge in [0.15, 0.2) is 0 Å². The molecule has 0 atom stereocenters. The van der Waals surface area contributed by atoms with Gasteiger partial charge in [-0.1, -0.05) is 38.5 Å². The van der Waals surface area contributed by atoms with E-state index in [1.54, 1.807) is 0 Å². The Morgan fingerprint density at radius 1 is 0.474 bits per heavy atom. The highest BCUT2D eigenvalue weighted by molar-refractivity contribution is 5.92. The number of hydrogen-bond acceptors (Lipinski definition) is 4. The summed E-state index contributed by atoms with van der Waals surface area (Å²) in [6, 6.07) is 0. The van der Waals surface area contributed by atoms with Crippen LogP contribution in [-0.4, -0.2) is 47.8 Å². The van der Waals surface area contributed by atoms with Crippen molar-refractivity contribution in [3.05, 3.63) is 12.2 Å². The predicted octanol–water partition coefficient (Wildman–Crippen LogP) is 7.52. The third-order valence-corrected chi connectivity index (χ3v) is 6.92. The molecule has 0 aromatic heterocycles. The van der Waals surface area contributed by atoms with Gasteiger partial charge in [0.25, 0.3) is 0 Å². The van der Waals surface area contributed by atoms with Gasteiger partial charge in [-0.25, -0.2) is 9.59 Å². The van der Waals surface area contributed by atoms with Crippen LogP contribution in [0.4, 0.5) is 52.7 Å². The van der Waals surface area contributed by atoms with Crippen LogP contribution in [-0.2, 0) is 19.1 Å². The Morgan fingerprint density at radius 2 is 0.711 bits per heavy atom. The zero-order valence-corrected chi connectivity index (χ0v) is 19.5. The van der Waals surface area contributed by atoms with Gasteiger partial charge in [-0.15, -0.1) is 0 Å². The lowest BCUT2D eigenvalue weighted by molar-refractivity contribution is -0.387. The van der Waals surface area contributed by atoms with Crippen LogP contribution in [0.25, 0.3) is 0 Å². The molecule has 0 N–H and O–H groups in total. The van der Waals surface area contributed by atoms with E-state index in [2.05, 4.69) is 9.47 Å². The van der Waals surface area contributed by atoms with E-state index in [1.807, 2.05) is 0 Å². The molecule has 0 spiro atoms. The third kappa shape index (κ3) is 6.18. The Morgan fingerprint density at radius 3 is 0.921 bits per heavy atom. The van der Waals surface area contributed by atoms with Gasteiger partial charge in [0.05, 0.1) is 0 Å². The highest BCUT2D eigenvalue weighted by Gasteiger charge is 2.78. The average molecular weight is 580 g/mol. The molecule has 220 valence electrons. The topological polar surface area (TPSA) is 52.6 Å². The van der Waals surface area contributed by atoms with Crippen LogP contribution in [0.5, 0.6) is 0 Å². The van der Waals surface area contributed by atoms with E-state index in [0.29, 0.717) is 12.8 Å². The van der Waals surface area contributed by atoms with Gasteiger partial charge in [-0.3, -0.25) is 0 Å². The van der Waals surface area contributed by atoms with Gasteiger partial charge in [0, 0.05) is 24.0 Å². The Bertz CT molecular complexity index is 760. The van der Waals surface area contributed by atoms with Crippen molar-refractivity contribution in [1.29, 1.82) is 0 Å². The number of alkyl halides is 12. The van der Waals surface area contributed by atoms with Crippen LogP contribution in [0.15, 0.2) is 12.2 Å². The minimum absolute atomic E-state index is 0.0452. The molecule has 16 heteroatoms. The quantitative estimate of drug-likeness (QED) is 0.185. The second kappa shape index (κ2) is 11.1. The van der Waals surface area contributed by atoms with Crippen LogP contribution in [0.1, 0.15) is 64.2 Å². The normalized spacial score (nSPS) is 20.0. The van der Waals surface area contributed by atoms with Crippen LogP contribution >= 0.6 is 0 Å². The van der Waals surface area contributed by atoms with E-state index < -0.39 is 97.5 Å². The Kier molecular flexibility index (Phi) is 9.40. The summed E-state index contributed by atoms with van der Waals surface area (Å²) in [6.07, 6.45) is -27.6. The second-order valence-electron chi connectivity index (χ2n) is 9.31. The molecule has 2 fully saturated rings. The van der Waals surface area contributed by atoms with Crippen molar-refractivity contribution < 1.29 is 71.7 Å². The van der Waals surface area contributed by atoms with Crippen molar-refractivity contribution in [3.63, 3.8) is 0 Å². The largest absolute Gasteiger partial charge is 0.437 e. The standard InChI is InChI=1S/C22H24F12O4/c23-19(24,25)17(20(26,27)28,13-7-3-1-4-8-13)37-15(35)11-12-16(36)38-18(21(29,30)31,22(32,33)34)14-9-5-2-6-10-14/h11-14H,1-10H2/b12-11+. The number of rotatable bonds is 6. The number of carbonyl (C=O) groups excluding carboxylic acids is 2. The van der Waals surface area contributed by atoms with E-state index in [9.17, 15) is 62.3 Å². The number of halogens is 12. The number of hydrogen-bond donors (Lipinski definition) is 0. The summed E-state index contributed by atoms with van der Waals surface area (Å²) in [4.78, 5) is 24.0. The summed E-state index contributed by atoms with van der Waals surface area (Å²) in [5, 5.41) is 0. The van der Waals surface area contributed by atoms with Gasteiger partial charge < -0.3 is 9.47 Å². The maximum absolute atomic E-state index is 13.7. The first-order valence-corrected chi connectivity index (χ1v) is 11.6. The first-order valence-electron chi connectivity index (χ1n) is 11.6. The molecular formula is C22H24F12O4. The molecule has 0 bridgehead atoms. The van der Waals surface area contributed by atoms with E-state index in [4.69, 9.17) is 0 Å². The van der Waals surface area contributed by atoms with Gasteiger partial charge >= 0.3 is 47.8 Å². The van der Waals surface area contributed by atoms with Crippen LogP contribution in [0.3, 0.4) is 0 Å². The van der Waals surface area contributed by atoms with Crippen molar-refractivity contribution in [2.45, 2.75) is 100 Å². The molecule has 2 rings (SSSR count). The monoisotopic (exact) mass is 580 g/mol. The van der Waals surface area contributed by atoms with E-state index in [0.717, 1.165) is 0 Å². The lowest BCUT2D eigenvalue weighted by atomic mass is 9.75. The summed E-state index contributed by atoms with van der Waals surface area (Å²) in [5.41, 5.74) is -10.0. The molecule has 2 saturated carbocycles. The number of carbonyl (C=O) groups is 2. The molecule has 38 heavy (non-hydrogen) atoms. The highest BCUT2D eigenvalue weighted by atomic mass is 19.4. The fraction of sp³-hybridized carbons (Fsp3) is 0.818. The van der Waals surface area contributed by atoms with Gasteiger partial charge in [-0.05, 0) is 25.7 Å². The molecule has 0 aliphatic heterocycles. The Balaban J connectivity index is 2.37. The van der Waals surface area contributed by atoms with Crippen molar-refractivity contribution in [2.24, 2.45) is 11.8 Å². The lowest BCUT2D eigenvalue weighted by Crippen LogP contribution is -2.64. The van der Waals surface area contributed by atoms with Gasteiger partial charge in [0.1, 0.15) is 0 Å². The number of esters is 2. The van der Waals surface area contributed by atoms with Crippen molar-refractivity contribution in [3.8, 4) is 0 Å². The third-order valence-electron chi connectivity index (χ3n) is 6.92. The average Bonchev–Trinajstić information content (AvgIpc) is 2.77.